The third kappa shape index (κ3) is 4.47. The Hall–Kier alpha value is -3.47. The van der Waals surface area contributed by atoms with Crippen LogP contribution in [0.15, 0.2) is 64.3 Å². The predicted octanol–water partition coefficient (Wildman–Crippen LogP) is 2.60. The molecule has 35 heavy (non-hydrogen) atoms. The quantitative estimate of drug-likeness (QED) is 0.439. The Bertz CT molecular complexity index is 1560. The van der Waals surface area contributed by atoms with Gasteiger partial charge < -0.3 is 14.5 Å². The molecular weight excluding hydrogens is 468 g/mol. The number of ether oxygens (including phenoxy) is 2. The van der Waals surface area contributed by atoms with Gasteiger partial charge in [0.1, 0.15) is 5.82 Å². The molecular formula is C25H26N4O5S. The van der Waals surface area contributed by atoms with Gasteiger partial charge in [0.25, 0.3) is 5.56 Å². The number of benzene rings is 3. The number of methoxy groups -OCH3 is 2. The van der Waals surface area contributed by atoms with E-state index in [1.807, 2.05) is 30.3 Å². The van der Waals surface area contributed by atoms with Gasteiger partial charge in [0, 0.05) is 32.2 Å². The highest BCUT2D eigenvalue weighted by Gasteiger charge is 2.29. The largest absolute Gasteiger partial charge is 0.493 e. The second-order valence-corrected chi connectivity index (χ2v) is 10.4. The zero-order valence-electron chi connectivity index (χ0n) is 19.5. The molecule has 3 aromatic carbocycles. The number of nitrogens with one attached hydrogen (secondary N) is 1. The van der Waals surface area contributed by atoms with Gasteiger partial charge in [0.05, 0.1) is 36.6 Å². The average Bonchev–Trinajstić information content (AvgIpc) is 2.88. The highest BCUT2D eigenvalue weighted by atomic mass is 32.2. The molecule has 4 aromatic rings. The molecule has 5 rings (SSSR count). The van der Waals surface area contributed by atoms with E-state index in [2.05, 4.69) is 14.9 Å². The number of fused-ring (bicyclic) bond motifs is 2. The van der Waals surface area contributed by atoms with Crippen LogP contribution >= 0.6 is 0 Å². The Kier molecular flexibility index (Phi) is 6.18. The fraction of sp³-hybridized carbons (Fsp3) is 0.280. The van der Waals surface area contributed by atoms with Crippen LogP contribution in [-0.2, 0) is 16.6 Å². The number of hydrogen-bond donors (Lipinski definition) is 1. The molecule has 0 bridgehead atoms. The third-order valence-electron chi connectivity index (χ3n) is 6.32. The molecule has 1 aliphatic rings. The highest BCUT2D eigenvalue weighted by Crippen LogP contribution is 2.30. The van der Waals surface area contributed by atoms with Crippen molar-refractivity contribution < 1.29 is 17.9 Å². The van der Waals surface area contributed by atoms with E-state index in [4.69, 9.17) is 9.47 Å². The molecule has 1 N–H and O–H groups in total. The van der Waals surface area contributed by atoms with Gasteiger partial charge in [0.15, 0.2) is 11.5 Å². The minimum Gasteiger partial charge on any atom is -0.493 e. The number of aromatic nitrogens is 2. The molecule has 1 aromatic heterocycles. The molecule has 182 valence electrons. The molecule has 0 aliphatic carbocycles. The summed E-state index contributed by atoms with van der Waals surface area (Å²) in [5.41, 5.74) is 0.252. The predicted molar refractivity (Wildman–Crippen MR) is 133 cm³/mol. The second-order valence-electron chi connectivity index (χ2n) is 8.43. The summed E-state index contributed by atoms with van der Waals surface area (Å²) in [5.74, 6) is 1.47. The average molecular weight is 495 g/mol. The van der Waals surface area contributed by atoms with Gasteiger partial charge in [-0.3, -0.25) is 9.69 Å². The topological polar surface area (TPSA) is 105 Å². The lowest BCUT2D eigenvalue weighted by Crippen LogP contribution is -2.48. The molecule has 0 radical (unpaired) electrons. The number of rotatable bonds is 6. The molecule has 10 heteroatoms. The van der Waals surface area contributed by atoms with Crippen molar-refractivity contribution in [3.05, 3.63) is 70.8 Å². The van der Waals surface area contributed by atoms with Crippen LogP contribution in [0, 0.1) is 0 Å². The van der Waals surface area contributed by atoms with E-state index in [1.165, 1.54) is 18.5 Å². The van der Waals surface area contributed by atoms with Crippen molar-refractivity contribution in [3.8, 4) is 11.5 Å². The van der Waals surface area contributed by atoms with Crippen molar-refractivity contribution in [2.75, 3.05) is 40.4 Å². The van der Waals surface area contributed by atoms with Gasteiger partial charge in [-0.05, 0) is 29.0 Å². The summed E-state index contributed by atoms with van der Waals surface area (Å²) in [6, 6.07) is 16.2. The lowest BCUT2D eigenvalue weighted by Gasteiger charge is -2.33. The van der Waals surface area contributed by atoms with Crippen LogP contribution in [0.4, 0.5) is 0 Å². The maximum absolute atomic E-state index is 13.2. The van der Waals surface area contributed by atoms with Gasteiger partial charge in [-0.2, -0.15) is 4.31 Å². The van der Waals surface area contributed by atoms with E-state index in [-0.39, 0.29) is 5.56 Å². The number of sulfonamides is 1. The minimum absolute atomic E-state index is 0.261. The highest BCUT2D eigenvalue weighted by molar-refractivity contribution is 7.89. The first-order valence-corrected chi connectivity index (χ1v) is 12.7. The minimum atomic E-state index is -3.59. The van der Waals surface area contributed by atoms with Crippen molar-refractivity contribution in [1.82, 2.24) is 19.2 Å². The summed E-state index contributed by atoms with van der Waals surface area (Å²) in [6.07, 6.45) is 0. The Balaban J connectivity index is 1.31. The van der Waals surface area contributed by atoms with E-state index in [1.54, 1.807) is 24.3 Å². The second kappa shape index (κ2) is 9.29. The molecule has 0 atom stereocenters. The monoisotopic (exact) mass is 494 g/mol. The van der Waals surface area contributed by atoms with Crippen LogP contribution in [0.2, 0.25) is 0 Å². The lowest BCUT2D eigenvalue weighted by molar-refractivity contribution is 0.178. The molecule has 0 amide bonds. The molecule has 0 unspecified atom stereocenters. The first-order valence-electron chi connectivity index (χ1n) is 11.3. The Morgan fingerprint density at radius 2 is 1.60 bits per heavy atom. The van der Waals surface area contributed by atoms with Crippen LogP contribution in [0.25, 0.3) is 21.7 Å². The Morgan fingerprint density at radius 3 is 2.31 bits per heavy atom. The summed E-state index contributed by atoms with van der Waals surface area (Å²) in [4.78, 5) is 22.5. The summed E-state index contributed by atoms with van der Waals surface area (Å²) < 4.78 is 38.6. The standard InChI is InChI=1S/C25H26N4O5S/c1-33-22-14-20-21(15-23(22)34-2)26-24(27-25(20)30)16-28-9-11-29(12-10-28)35(31,32)19-8-7-17-5-3-4-6-18(17)13-19/h3-8,13-15H,9-12,16H2,1-2H3,(H,26,27,30). The third-order valence-corrected chi connectivity index (χ3v) is 8.22. The van der Waals surface area contributed by atoms with Crippen molar-refractivity contribution >= 4 is 31.7 Å². The van der Waals surface area contributed by atoms with E-state index in [0.29, 0.717) is 65.8 Å². The zero-order valence-corrected chi connectivity index (χ0v) is 20.3. The first-order chi connectivity index (χ1) is 16.9. The van der Waals surface area contributed by atoms with Crippen molar-refractivity contribution in [2.45, 2.75) is 11.4 Å². The number of H-pyrrole nitrogens is 1. The maximum atomic E-state index is 13.2. The van der Waals surface area contributed by atoms with Gasteiger partial charge in [0.2, 0.25) is 10.0 Å². The fourth-order valence-electron chi connectivity index (χ4n) is 4.41. The van der Waals surface area contributed by atoms with E-state index < -0.39 is 10.0 Å². The molecule has 1 saturated heterocycles. The van der Waals surface area contributed by atoms with E-state index in [9.17, 15) is 13.2 Å². The van der Waals surface area contributed by atoms with Crippen LogP contribution in [0.3, 0.4) is 0 Å². The van der Waals surface area contributed by atoms with Gasteiger partial charge in [-0.1, -0.05) is 30.3 Å². The Labute approximate surface area is 203 Å². The van der Waals surface area contributed by atoms with E-state index >= 15 is 0 Å². The SMILES string of the molecule is COc1cc2nc(CN3CCN(S(=O)(=O)c4ccc5ccccc5c4)CC3)[nH]c(=O)c2cc1OC. The molecule has 0 saturated carbocycles. The maximum Gasteiger partial charge on any atom is 0.258 e. The number of nitrogens with zero attached hydrogens (tertiary/aromatic N) is 3. The van der Waals surface area contributed by atoms with Crippen LogP contribution in [-0.4, -0.2) is 68.0 Å². The van der Waals surface area contributed by atoms with E-state index in [0.717, 1.165) is 10.8 Å². The van der Waals surface area contributed by atoms with Crippen molar-refractivity contribution in [1.29, 1.82) is 0 Å². The van der Waals surface area contributed by atoms with Crippen LogP contribution < -0.4 is 15.0 Å². The zero-order chi connectivity index (χ0) is 24.6. The molecule has 1 fully saturated rings. The van der Waals surface area contributed by atoms with Crippen molar-refractivity contribution in [3.63, 3.8) is 0 Å². The van der Waals surface area contributed by atoms with Crippen LogP contribution in [0.1, 0.15) is 5.82 Å². The van der Waals surface area contributed by atoms with Crippen LogP contribution in [0.5, 0.6) is 11.5 Å². The molecule has 0 spiro atoms. The normalized spacial score (nSPS) is 15.5. The fourth-order valence-corrected chi connectivity index (χ4v) is 5.86. The first kappa shape index (κ1) is 23.3. The smallest absolute Gasteiger partial charge is 0.258 e. The summed E-state index contributed by atoms with van der Waals surface area (Å²) in [5, 5.41) is 2.31. The number of aromatic amines is 1. The molecule has 1 aliphatic heterocycles. The number of hydrogen-bond acceptors (Lipinski definition) is 7. The Morgan fingerprint density at radius 1 is 0.914 bits per heavy atom. The summed E-state index contributed by atoms with van der Waals surface area (Å²) in [7, 11) is -0.548. The van der Waals surface area contributed by atoms with Gasteiger partial charge in [-0.25, -0.2) is 13.4 Å². The summed E-state index contributed by atoms with van der Waals surface area (Å²) >= 11 is 0. The summed E-state index contributed by atoms with van der Waals surface area (Å²) in [6.45, 7) is 2.18. The molecule has 2 heterocycles. The molecule has 9 nitrogen and oxygen atoms in total. The lowest BCUT2D eigenvalue weighted by atomic mass is 10.1. The van der Waals surface area contributed by atoms with Crippen molar-refractivity contribution in [2.24, 2.45) is 0 Å². The number of piperazine rings is 1. The van der Waals surface area contributed by atoms with Gasteiger partial charge >= 0.3 is 0 Å². The van der Waals surface area contributed by atoms with Gasteiger partial charge in [-0.15, -0.1) is 0 Å².